The van der Waals surface area contributed by atoms with Crippen LogP contribution in [0.2, 0.25) is 0 Å². The standard InChI is InChI=1S/C14H18O3/c15-9-12-13(16)7-4-8-14(12)17-10-11-5-2-1-3-6-11/h4,7-9,11,16H,1-3,5-6,10H2. The highest BCUT2D eigenvalue weighted by atomic mass is 16.5. The van der Waals surface area contributed by atoms with E-state index in [0.717, 1.165) is 0 Å². The molecule has 92 valence electrons. The third-order valence-corrected chi connectivity index (χ3v) is 3.36. The van der Waals surface area contributed by atoms with Crippen molar-refractivity contribution in [3.63, 3.8) is 0 Å². The molecule has 1 fully saturated rings. The lowest BCUT2D eigenvalue weighted by atomic mass is 9.90. The van der Waals surface area contributed by atoms with E-state index in [4.69, 9.17) is 4.74 Å². The van der Waals surface area contributed by atoms with E-state index in [1.165, 1.54) is 38.2 Å². The summed E-state index contributed by atoms with van der Waals surface area (Å²) < 4.78 is 5.66. The van der Waals surface area contributed by atoms with Crippen LogP contribution in [-0.4, -0.2) is 18.0 Å². The van der Waals surface area contributed by atoms with E-state index < -0.39 is 0 Å². The van der Waals surface area contributed by atoms with Crippen molar-refractivity contribution in [2.75, 3.05) is 6.61 Å². The van der Waals surface area contributed by atoms with E-state index in [9.17, 15) is 9.90 Å². The van der Waals surface area contributed by atoms with Gasteiger partial charge in [0.25, 0.3) is 0 Å². The Kier molecular flexibility index (Phi) is 4.02. The third-order valence-electron chi connectivity index (χ3n) is 3.36. The summed E-state index contributed by atoms with van der Waals surface area (Å²) in [6.07, 6.45) is 6.92. The summed E-state index contributed by atoms with van der Waals surface area (Å²) in [7, 11) is 0. The molecule has 1 N–H and O–H groups in total. The molecule has 1 aliphatic carbocycles. The van der Waals surface area contributed by atoms with Crippen LogP contribution in [-0.2, 0) is 0 Å². The van der Waals surface area contributed by atoms with Gasteiger partial charge in [0.1, 0.15) is 11.5 Å². The molecule has 0 atom stereocenters. The number of phenols is 1. The molecule has 0 amide bonds. The number of carbonyl (C=O) groups excluding carboxylic acids is 1. The van der Waals surface area contributed by atoms with Crippen molar-refractivity contribution in [1.82, 2.24) is 0 Å². The van der Waals surface area contributed by atoms with Crippen molar-refractivity contribution in [2.45, 2.75) is 32.1 Å². The Morgan fingerprint density at radius 2 is 2.06 bits per heavy atom. The fourth-order valence-corrected chi connectivity index (χ4v) is 2.34. The topological polar surface area (TPSA) is 46.5 Å². The molecule has 0 saturated heterocycles. The zero-order chi connectivity index (χ0) is 12.1. The predicted octanol–water partition coefficient (Wildman–Crippen LogP) is 3.16. The number of hydrogen-bond acceptors (Lipinski definition) is 3. The van der Waals surface area contributed by atoms with Gasteiger partial charge >= 0.3 is 0 Å². The predicted molar refractivity (Wildman–Crippen MR) is 65.6 cm³/mol. The van der Waals surface area contributed by atoms with Gasteiger partial charge in [-0.1, -0.05) is 25.3 Å². The van der Waals surface area contributed by atoms with Gasteiger partial charge in [-0.15, -0.1) is 0 Å². The number of rotatable bonds is 4. The Hall–Kier alpha value is -1.51. The minimum Gasteiger partial charge on any atom is -0.507 e. The Labute approximate surface area is 101 Å². The number of carbonyl (C=O) groups is 1. The highest BCUT2D eigenvalue weighted by Crippen LogP contribution is 2.28. The molecule has 0 unspecified atom stereocenters. The minimum absolute atomic E-state index is 0.0128. The van der Waals surface area contributed by atoms with Gasteiger partial charge in [-0.2, -0.15) is 0 Å². The number of benzene rings is 1. The second kappa shape index (κ2) is 5.71. The van der Waals surface area contributed by atoms with E-state index in [2.05, 4.69) is 0 Å². The Bertz CT molecular complexity index is 381. The summed E-state index contributed by atoms with van der Waals surface area (Å²) in [6.45, 7) is 0.643. The first-order valence-electron chi connectivity index (χ1n) is 6.21. The smallest absolute Gasteiger partial charge is 0.157 e. The molecule has 3 heteroatoms. The lowest BCUT2D eigenvalue weighted by Crippen LogP contribution is -2.15. The van der Waals surface area contributed by atoms with Gasteiger partial charge in [-0.3, -0.25) is 4.79 Å². The molecule has 0 aromatic heterocycles. The van der Waals surface area contributed by atoms with Crippen molar-refractivity contribution >= 4 is 6.29 Å². The van der Waals surface area contributed by atoms with Gasteiger partial charge in [-0.05, 0) is 30.9 Å². The van der Waals surface area contributed by atoms with Gasteiger partial charge < -0.3 is 9.84 Å². The van der Waals surface area contributed by atoms with E-state index in [-0.39, 0.29) is 11.3 Å². The molecule has 2 rings (SSSR count). The Morgan fingerprint density at radius 3 is 2.76 bits per heavy atom. The Morgan fingerprint density at radius 1 is 1.29 bits per heavy atom. The SMILES string of the molecule is O=Cc1c(O)cccc1OCC1CCCCC1. The quantitative estimate of drug-likeness (QED) is 0.814. The molecule has 0 spiro atoms. The van der Waals surface area contributed by atoms with Crippen LogP contribution in [0, 0.1) is 5.92 Å². The van der Waals surface area contributed by atoms with Crippen LogP contribution >= 0.6 is 0 Å². The van der Waals surface area contributed by atoms with Crippen LogP contribution in [0.15, 0.2) is 18.2 Å². The maximum absolute atomic E-state index is 10.9. The lowest BCUT2D eigenvalue weighted by Gasteiger charge is -2.22. The molecule has 0 radical (unpaired) electrons. The van der Waals surface area contributed by atoms with Crippen LogP contribution < -0.4 is 4.74 Å². The number of aromatic hydroxyl groups is 1. The fraction of sp³-hybridized carbons (Fsp3) is 0.500. The maximum atomic E-state index is 10.9. The summed E-state index contributed by atoms with van der Waals surface area (Å²) in [5.41, 5.74) is 0.253. The van der Waals surface area contributed by atoms with Gasteiger partial charge in [0.15, 0.2) is 6.29 Å². The largest absolute Gasteiger partial charge is 0.507 e. The average molecular weight is 234 g/mol. The lowest BCUT2D eigenvalue weighted by molar-refractivity contribution is 0.111. The molecule has 0 aliphatic heterocycles. The van der Waals surface area contributed by atoms with E-state index in [1.54, 1.807) is 12.1 Å². The molecule has 0 heterocycles. The summed E-state index contributed by atoms with van der Waals surface area (Å²) in [4.78, 5) is 10.9. The average Bonchev–Trinajstić information content (AvgIpc) is 2.37. The number of phenolic OH excluding ortho intramolecular Hbond substituents is 1. The number of ether oxygens (including phenoxy) is 1. The summed E-state index contributed by atoms with van der Waals surface area (Å²) in [6, 6.07) is 4.92. The first kappa shape index (κ1) is 12.0. The van der Waals surface area contributed by atoms with Crippen molar-refractivity contribution in [3.05, 3.63) is 23.8 Å². The monoisotopic (exact) mass is 234 g/mol. The van der Waals surface area contributed by atoms with Crippen molar-refractivity contribution in [3.8, 4) is 11.5 Å². The van der Waals surface area contributed by atoms with Gasteiger partial charge in [-0.25, -0.2) is 0 Å². The van der Waals surface area contributed by atoms with E-state index >= 15 is 0 Å². The Balaban J connectivity index is 1.98. The van der Waals surface area contributed by atoms with Crippen molar-refractivity contribution in [2.24, 2.45) is 5.92 Å². The molecular weight excluding hydrogens is 216 g/mol. The van der Waals surface area contributed by atoms with Gasteiger partial charge in [0.2, 0.25) is 0 Å². The fourth-order valence-electron chi connectivity index (χ4n) is 2.34. The zero-order valence-corrected chi connectivity index (χ0v) is 9.89. The second-order valence-corrected chi connectivity index (χ2v) is 4.62. The first-order chi connectivity index (χ1) is 8.31. The molecule has 3 nitrogen and oxygen atoms in total. The molecule has 1 aromatic rings. The van der Waals surface area contributed by atoms with E-state index in [1.807, 2.05) is 0 Å². The summed E-state index contributed by atoms with van der Waals surface area (Å²) >= 11 is 0. The number of hydrogen-bond donors (Lipinski definition) is 1. The molecule has 17 heavy (non-hydrogen) atoms. The molecule has 1 aliphatic rings. The van der Waals surface area contributed by atoms with Crippen LogP contribution in [0.3, 0.4) is 0 Å². The molecule has 0 bridgehead atoms. The maximum Gasteiger partial charge on any atom is 0.157 e. The first-order valence-corrected chi connectivity index (χ1v) is 6.21. The third kappa shape index (κ3) is 2.99. The summed E-state index contributed by atoms with van der Waals surface area (Å²) in [5, 5.41) is 9.52. The molecule has 1 aromatic carbocycles. The molecule has 1 saturated carbocycles. The zero-order valence-electron chi connectivity index (χ0n) is 9.89. The summed E-state index contributed by atoms with van der Waals surface area (Å²) in [5.74, 6) is 1.07. The van der Waals surface area contributed by atoms with Gasteiger partial charge in [0, 0.05) is 0 Å². The normalized spacial score (nSPS) is 16.7. The van der Waals surface area contributed by atoms with Gasteiger partial charge in [0.05, 0.1) is 12.2 Å². The van der Waals surface area contributed by atoms with Crippen LogP contribution in [0.25, 0.3) is 0 Å². The highest BCUT2D eigenvalue weighted by Gasteiger charge is 2.15. The van der Waals surface area contributed by atoms with Crippen LogP contribution in [0.1, 0.15) is 42.5 Å². The van der Waals surface area contributed by atoms with Crippen molar-refractivity contribution < 1.29 is 14.6 Å². The van der Waals surface area contributed by atoms with Crippen LogP contribution in [0.4, 0.5) is 0 Å². The van der Waals surface area contributed by atoms with E-state index in [0.29, 0.717) is 24.6 Å². The van der Waals surface area contributed by atoms with Crippen molar-refractivity contribution in [1.29, 1.82) is 0 Å². The highest BCUT2D eigenvalue weighted by molar-refractivity contribution is 5.83. The minimum atomic E-state index is -0.0128. The second-order valence-electron chi connectivity index (χ2n) is 4.62. The van der Waals surface area contributed by atoms with Crippen LogP contribution in [0.5, 0.6) is 11.5 Å². The molecular formula is C14H18O3. The number of aldehydes is 1.